The van der Waals surface area contributed by atoms with Gasteiger partial charge < -0.3 is 14.6 Å². The number of fused-ring (bicyclic) bond motifs is 1. The molecular formula is C18H19N3O3. The number of amides is 2. The molecule has 2 heterocycles. The van der Waals surface area contributed by atoms with Crippen molar-refractivity contribution >= 4 is 23.2 Å². The number of benzene rings is 1. The number of anilines is 2. The van der Waals surface area contributed by atoms with Crippen LogP contribution < -0.4 is 10.2 Å². The normalized spacial score (nSPS) is 16.6. The Morgan fingerprint density at radius 1 is 1.33 bits per heavy atom. The van der Waals surface area contributed by atoms with Crippen LogP contribution in [0.4, 0.5) is 11.4 Å². The van der Waals surface area contributed by atoms with Crippen LogP contribution in [-0.4, -0.2) is 23.3 Å². The Hall–Kier alpha value is -2.63. The van der Waals surface area contributed by atoms with Crippen molar-refractivity contribution in [1.82, 2.24) is 4.98 Å². The lowest BCUT2D eigenvalue weighted by Gasteiger charge is -2.21. The number of nitrogens with zero attached hydrogens (tertiary/aromatic N) is 2. The van der Waals surface area contributed by atoms with Gasteiger partial charge in [-0.1, -0.05) is 6.42 Å². The smallest absolute Gasteiger partial charge is 0.277 e. The van der Waals surface area contributed by atoms with Gasteiger partial charge in [0.2, 0.25) is 5.91 Å². The first-order chi connectivity index (χ1) is 11.6. The van der Waals surface area contributed by atoms with Crippen LogP contribution in [0.5, 0.6) is 0 Å². The molecule has 0 atom stereocenters. The standard InChI is InChI=1S/C18H19N3O3/c1-11(22)21-8-7-13-9-14(5-6-16(13)21)19-17(23)15-10-24-18(20-15)12-3-2-4-12/h5-6,9-10,12H,2-4,7-8H2,1H3,(H,19,23). The molecule has 1 aliphatic carbocycles. The molecule has 24 heavy (non-hydrogen) atoms. The molecule has 1 N–H and O–H groups in total. The molecular weight excluding hydrogens is 306 g/mol. The molecule has 2 amide bonds. The Balaban J connectivity index is 1.48. The van der Waals surface area contributed by atoms with Gasteiger partial charge in [-0.05, 0) is 43.0 Å². The predicted octanol–water partition coefficient (Wildman–Crippen LogP) is 3.10. The summed E-state index contributed by atoms with van der Waals surface area (Å²) in [5, 5.41) is 2.86. The highest BCUT2D eigenvalue weighted by Gasteiger charge is 2.26. The van der Waals surface area contributed by atoms with E-state index in [9.17, 15) is 9.59 Å². The fourth-order valence-corrected chi connectivity index (χ4v) is 3.24. The van der Waals surface area contributed by atoms with Crippen molar-refractivity contribution in [3.8, 4) is 0 Å². The van der Waals surface area contributed by atoms with Crippen LogP contribution in [-0.2, 0) is 11.2 Å². The van der Waals surface area contributed by atoms with E-state index in [2.05, 4.69) is 10.3 Å². The van der Waals surface area contributed by atoms with Gasteiger partial charge in [0.05, 0.1) is 0 Å². The van der Waals surface area contributed by atoms with E-state index in [4.69, 9.17) is 4.42 Å². The van der Waals surface area contributed by atoms with E-state index < -0.39 is 0 Å². The van der Waals surface area contributed by atoms with Crippen molar-refractivity contribution in [3.63, 3.8) is 0 Å². The molecule has 0 unspecified atom stereocenters. The number of hydrogen-bond donors (Lipinski definition) is 1. The number of carbonyl (C=O) groups is 2. The third-order valence-electron chi connectivity index (χ3n) is 4.82. The van der Waals surface area contributed by atoms with E-state index in [0.717, 1.165) is 30.5 Å². The van der Waals surface area contributed by atoms with E-state index in [1.54, 1.807) is 11.8 Å². The summed E-state index contributed by atoms with van der Waals surface area (Å²) in [5.41, 5.74) is 3.01. The molecule has 1 fully saturated rings. The van der Waals surface area contributed by atoms with Crippen molar-refractivity contribution in [2.24, 2.45) is 0 Å². The van der Waals surface area contributed by atoms with Crippen molar-refractivity contribution in [2.45, 2.75) is 38.5 Å². The summed E-state index contributed by atoms with van der Waals surface area (Å²) < 4.78 is 5.43. The number of oxazole rings is 1. The molecule has 2 aromatic rings. The average Bonchev–Trinajstić information content (AvgIpc) is 3.11. The van der Waals surface area contributed by atoms with Gasteiger partial charge in [0.1, 0.15) is 6.26 Å². The van der Waals surface area contributed by atoms with Gasteiger partial charge in [0.15, 0.2) is 11.6 Å². The van der Waals surface area contributed by atoms with Crippen LogP contribution in [0.2, 0.25) is 0 Å². The monoisotopic (exact) mass is 325 g/mol. The van der Waals surface area contributed by atoms with Crippen molar-refractivity contribution in [3.05, 3.63) is 41.6 Å². The fraction of sp³-hybridized carbons (Fsp3) is 0.389. The van der Waals surface area contributed by atoms with Crippen molar-refractivity contribution in [1.29, 1.82) is 0 Å². The summed E-state index contributed by atoms with van der Waals surface area (Å²) >= 11 is 0. The zero-order valence-corrected chi connectivity index (χ0v) is 13.5. The van der Waals surface area contributed by atoms with Crippen LogP contribution in [0.3, 0.4) is 0 Å². The van der Waals surface area contributed by atoms with Crippen LogP contribution in [0.25, 0.3) is 0 Å². The first-order valence-electron chi connectivity index (χ1n) is 8.29. The molecule has 2 aliphatic rings. The third kappa shape index (κ3) is 2.58. The molecule has 6 nitrogen and oxygen atoms in total. The number of nitrogens with one attached hydrogen (secondary N) is 1. The summed E-state index contributed by atoms with van der Waals surface area (Å²) in [4.78, 5) is 30.0. The Bertz CT molecular complexity index is 808. The van der Waals surface area contributed by atoms with E-state index in [1.807, 2.05) is 18.2 Å². The highest BCUT2D eigenvalue weighted by atomic mass is 16.3. The number of carbonyl (C=O) groups excluding carboxylic acids is 2. The second kappa shape index (κ2) is 5.78. The van der Waals surface area contributed by atoms with Crippen molar-refractivity contribution < 1.29 is 14.0 Å². The Morgan fingerprint density at radius 2 is 2.17 bits per heavy atom. The summed E-state index contributed by atoms with van der Waals surface area (Å²) in [6, 6.07) is 5.61. The van der Waals surface area contributed by atoms with Crippen LogP contribution in [0.1, 0.15) is 54.0 Å². The van der Waals surface area contributed by atoms with Gasteiger partial charge in [-0.2, -0.15) is 0 Å². The molecule has 1 aromatic heterocycles. The summed E-state index contributed by atoms with van der Waals surface area (Å²) in [7, 11) is 0. The summed E-state index contributed by atoms with van der Waals surface area (Å²) in [5.74, 6) is 0.795. The van der Waals surface area contributed by atoms with Crippen molar-refractivity contribution in [2.75, 3.05) is 16.8 Å². The maximum atomic E-state index is 12.3. The van der Waals surface area contributed by atoms with E-state index in [1.165, 1.54) is 12.7 Å². The molecule has 1 aromatic carbocycles. The first-order valence-corrected chi connectivity index (χ1v) is 8.29. The van der Waals surface area contributed by atoms with Gasteiger partial charge in [-0.3, -0.25) is 9.59 Å². The second-order valence-corrected chi connectivity index (χ2v) is 6.42. The Labute approximate surface area is 139 Å². The molecule has 0 saturated heterocycles. The highest BCUT2D eigenvalue weighted by Crippen LogP contribution is 2.35. The van der Waals surface area contributed by atoms with Gasteiger partial charge >= 0.3 is 0 Å². The fourth-order valence-electron chi connectivity index (χ4n) is 3.24. The zero-order valence-electron chi connectivity index (χ0n) is 13.5. The first kappa shape index (κ1) is 14.9. The number of rotatable bonds is 3. The van der Waals surface area contributed by atoms with Crippen LogP contribution >= 0.6 is 0 Å². The van der Waals surface area contributed by atoms with E-state index >= 15 is 0 Å². The molecule has 1 aliphatic heterocycles. The molecule has 0 bridgehead atoms. The van der Waals surface area contributed by atoms with Gasteiger partial charge in [0.25, 0.3) is 5.91 Å². The largest absolute Gasteiger partial charge is 0.448 e. The minimum absolute atomic E-state index is 0.0386. The van der Waals surface area contributed by atoms with Crippen LogP contribution in [0.15, 0.2) is 28.9 Å². The second-order valence-electron chi connectivity index (χ2n) is 6.42. The minimum Gasteiger partial charge on any atom is -0.448 e. The molecule has 4 rings (SSSR count). The third-order valence-corrected chi connectivity index (χ3v) is 4.82. The number of hydrogen-bond acceptors (Lipinski definition) is 4. The van der Waals surface area contributed by atoms with E-state index in [-0.39, 0.29) is 11.8 Å². The molecule has 124 valence electrons. The molecule has 0 radical (unpaired) electrons. The lowest BCUT2D eigenvalue weighted by Crippen LogP contribution is -2.25. The molecule has 0 spiro atoms. The van der Waals surface area contributed by atoms with Gasteiger partial charge in [0, 0.05) is 30.8 Å². The summed E-state index contributed by atoms with van der Waals surface area (Å²) in [6.07, 6.45) is 5.58. The average molecular weight is 325 g/mol. The maximum Gasteiger partial charge on any atom is 0.277 e. The SMILES string of the molecule is CC(=O)N1CCc2cc(NC(=O)c3coc(C4CCC4)n3)ccc21. The van der Waals surface area contributed by atoms with Gasteiger partial charge in [-0.25, -0.2) is 4.98 Å². The molecule has 1 saturated carbocycles. The Kier molecular flexibility index (Phi) is 3.59. The zero-order chi connectivity index (χ0) is 16.7. The van der Waals surface area contributed by atoms with Crippen LogP contribution in [0, 0.1) is 0 Å². The Morgan fingerprint density at radius 3 is 2.88 bits per heavy atom. The molecule has 6 heteroatoms. The quantitative estimate of drug-likeness (QED) is 0.941. The van der Waals surface area contributed by atoms with Gasteiger partial charge in [-0.15, -0.1) is 0 Å². The topological polar surface area (TPSA) is 75.4 Å². The lowest BCUT2D eigenvalue weighted by atomic mass is 9.85. The lowest BCUT2D eigenvalue weighted by molar-refractivity contribution is -0.116. The van der Waals surface area contributed by atoms with E-state index in [0.29, 0.717) is 29.7 Å². The number of aromatic nitrogens is 1. The summed E-state index contributed by atoms with van der Waals surface area (Å²) in [6.45, 7) is 2.26. The maximum absolute atomic E-state index is 12.3. The highest BCUT2D eigenvalue weighted by molar-refractivity contribution is 6.03. The predicted molar refractivity (Wildman–Crippen MR) is 89.2 cm³/mol. The minimum atomic E-state index is -0.273.